The molecule has 0 saturated heterocycles. The summed E-state index contributed by atoms with van der Waals surface area (Å²) in [6, 6.07) is 4.36. The summed E-state index contributed by atoms with van der Waals surface area (Å²) in [5, 5.41) is 7.22. The van der Waals surface area contributed by atoms with Gasteiger partial charge >= 0.3 is 0 Å². The fourth-order valence-corrected chi connectivity index (χ4v) is 3.53. The van der Waals surface area contributed by atoms with Crippen LogP contribution in [0.25, 0.3) is 0 Å². The van der Waals surface area contributed by atoms with Crippen LogP contribution in [0.2, 0.25) is 5.02 Å². The minimum absolute atomic E-state index is 0.110. The summed E-state index contributed by atoms with van der Waals surface area (Å²) in [5.41, 5.74) is 2.85. The maximum absolute atomic E-state index is 12.2. The van der Waals surface area contributed by atoms with Gasteiger partial charge in [0.15, 0.2) is 0 Å². The van der Waals surface area contributed by atoms with Crippen LogP contribution < -0.4 is 9.46 Å². The minimum atomic E-state index is -3.61. The monoisotopic (exact) mass is 343 g/mol. The van der Waals surface area contributed by atoms with Gasteiger partial charge in [-0.1, -0.05) is 11.6 Å². The van der Waals surface area contributed by atoms with Gasteiger partial charge in [-0.05, 0) is 44.0 Å². The van der Waals surface area contributed by atoms with E-state index in [1.807, 2.05) is 13.8 Å². The number of sulfonamides is 1. The molecular weight excluding hydrogens is 326 g/mol. The van der Waals surface area contributed by atoms with E-state index in [2.05, 4.69) is 14.9 Å². The smallest absolute Gasteiger partial charge is 0.240 e. The van der Waals surface area contributed by atoms with Crippen LogP contribution in [-0.2, 0) is 16.4 Å². The average molecular weight is 344 g/mol. The quantitative estimate of drug-likeness (QED) is 0.842. The first-order valence-corrected chi connectivity index (χ1v) is 8.55. The van der Waals surface area contributed by atoms with Crippen molar-refractivity contribution in [1.29, 1.82) is 0 Å². The SMILES string of the molecule is COc1ccc(S(=O)(=O)NCCc2c(C)n[nH]c2C)cc1Cl. The number of hydrogen-bond acceptors (Lipinski definition) is 4. The molecule has 22 heavy (non-hydrogen) atoms. The van der Waals surface area contributed by atoms with Crippen molar-refractivity contribution in [1.82, 2.24) is 14.9 Å². The van der Waals surface area contributed by atoms with E-state index in [-0.39, 0.29) is 16.5 Å². The number of halogens is 1. The van der Waals surface area contributed by atoms with Crippen molar-refractivity contribution in [2.24, 2.45) is 0 Å². The van der Waals surface area contributed by atoms with Gasteiger partial charge in [0.1, 0.15) is 5.75 Å². The highest BCUT2D eigenvalue weighted by atomic mass is 35.5. The van der Waals surface area contributed by atoms with E-state index in [1.54, 1.807) is 0 Å². The van der Waals surface area contributed by atoms with E-state index in [4.69, 9.17) is 16.3 Å². The zero-order valence-electron chi connectivity index (χ0n) is 12.6. The Morgan fingerprint density at radius 1 is 1.36 bits per heavy atom. The third kappa shape index (κ3) is 3.60. The molecule has 0 bridgehead atoms. The first-order chi connectivity index (χ1) is 10.3. The Morgan fingerprint density at radius 2 is 2.09 bits per heavy atom. The molecule has 0 amide bonds. The Balaban J connectivity index is 2.07. The second-order valence-corrected chi connectivity index (χ2v) is 7.03. The van der Waals surface area contributed by atoms with Crippen LogP contribution in [0.3, 0.4) is 0 Å². The van der Waals surface area contributed by atoms with Crippen molar-refractivity contribution in [2.45, 2.75) is 25.2 Å². The summed E-state index contributed by atoms with van der Waals surface area (Å²) < 4.78 is 32.1. The van der Waals surface area contributed by atoms with Gasteiger partial charge in [0, 0.05) is 12.2 Å². The minimum Gasteiger partial charge on any atom is -0.495 e. The predicted molar refractivity (Wildman–Crippen MR) is 85.0 cm³/mol. The molecule has 0 aliphatic carbocycles. The van der Waals surface area contributed by atoms with E-state index < -0.39 is 10.0 Å². The largest absolute Gasteiger partial charge is 0.495 e. The summed E-state index contributed by atoms with van der Waals surface area (Å²) in [4.78, 5) is 0.110. The van der Waals surface area contributed by atoms with Crippen LogP contribution in [0, 0.1) is 13.8 Å². The summed E-state index contributed by atoms with van der Waals surface area (Å²) >= 11 is 5.96. The van der Waals surface area contributed by atoms with Crippen LogP contribution in [0.5, 0.6) is 5.75 Å². The van der Waals surface area contributed by atoms with E-state index in [0.29, 0.717) is 12.2 Å². The van der Waals surface area contributed by atoms with Crippen LogP contribution in [0.4, 0.5) is 0 Å². The number of aromatic amines is 1. The second kappa shape index (κ2) is 6.68. The Hall–Kier alpha value is -1.57. The number of aryl methyl sites for hydroxylation is 2. The lowest BCUT2D eigenvalue weighted by Crippen LogP contribution is -2.26. The molecule has 120 valence electrons. The maximum atomic E-state index is 12.2. The molecule has 0 spiro atoms. The van der Waals surface area contributed by atoms with Gasteiger partial charge < -0.3 is 4.74 Å². The van der Waals surface area contributed by atoms with Gasteiger partial charge in [0.25, 0.3) is 0 Å². The van der Waals surface area contributed by atoms with Gasteiger partial charge in [-0.3, -0.25) is 5.10 Å². The van der Waals surface area contributed by atoms with E-state index >= 15 is 0 Å². The summed E-state index contributed by atoms with van der Waals surface area (Å²) in [6.07, 6.45) is 0.567. The van der Waals surface area contributed by atoms with Crippen molar-refractivity contribution < 1.29 is 13.2 Å². The molecule has 0 aliphatic rings. The Kier molecular flexibility index (Phi) is 5.10. The number of methoxy groups -OCH3 is 1. The first kappa shape index (κ1) is 16.8. The molecule has 0 saturated carbocycles. The van der Waals surface area contributed by atoms with Crippen molar-refractivity contribution >= 4 is 21.6 Å². The van der Waals surface area contributed by atoms with Crippen molar-refractivity contribution in [2.75, 3.05) is 13.7 Å². The molecule has 1 heterocycles. The molecule has 2 N–H and O–H groups in total. The lowest BCUT2D eigenvalue weighted by atomic mass is 10.1. The van der Waals surface area contributed by atoms with Crippen LogP contribution in [0.1, 0.15) is 17.0 Å². The summed E-state index contributed by atoms with van der Waals surface area (Å²) in [7, 11) is -2.13. The molecule has 0 unspecified atom stereocenters. The number of H-pyrrole nitrogens is 1. The molecule has 0 aliphatic heterocycles. The molecule has 0 radical (unpaired) electrons. The van der Waals surface area contributed by atoms with Crippen LogP contribution in [0.15, 0.2) is 23.1 Å². The third-order valence-corrected chi connectivity index (χ3v) is 5.14. The maximum Gasteiger partial charge on any atom is 0.240 e. The number of rotatable bonds is 6. The Labute approximate surface area is 134 Å². The normalized spacial score (nSPS) is 11.6. The van der Waals surface area contributed by atoms with Crippen molar-refractivity contribution in [3.63, 3.8) is 0 Å². The number of ether oxygens (including phenoxy) is 1. The molecule has 1 aromatic carbocycles. The molecule has 2 rings (SSSR count). The van der Waals surface area contributed by atoms with Gasteiger partial charge in [0.05, 0.1) is 22.7 Å². The van der Waals surface area contributed by atoms with E-state index in [9.17, 15) is 8.42 Å². The zero-order valence-corrected chi connectivity index (χ0v) is 14.2. The number of hydrogen-bond donors (Lipinski definition) is 2. The Morgan fingerprint density at radius 3 is 2.64 bits per heavy atom. The molecular formula is C14H18ClN3O3S. The number of nitrogens with zero attached hydrogens (tertiary/aromatic N) is 1. The second-order valence-electron chi connectivity index (χ2n) is 4.86. The zero-order chi connectivity index (χ0) is 16.3. The summed E-state index contributed by atoms with van der Waals surface area (Å²) in [6.45, 7) is 4.08. The molecule has 2 aromatic rings. The standard InChI is InChI=1S/C14H18ClN3O3S/c1-9-12(10(2)18-17-9)6-7-16-22(19,20)11-4-5-14(21-3)13(15)8-11/h4-5,8,16H,6-7H2,1-3H3,(H,17,18). The molecule has 0 fully saturated rings. The van der Waals surface area contributed by atoms with Crippen molar-refractivity contribution in [3.05, 3.63) is 40.2 Å². The van der Waals surface area contributed by atoms with Gasteiger partial charge in [0.2, 0.25) is 10.0 Å². The number of benzene rings is 1. The lowest BCUT2D eigenvalue weighted by molar-refractivity contribution is 0.414. The average Bonchev–Trinajstić information content (AvgIpc) is 2.78. The van der Waals surface area contributed by atoms with Gasteiger partial charge in [-0.25, -0.2) is 13.1 Å². The molecule has 6 nitrogen and oxygen atoms in total. The highest BCUT2D eigenvalue weighted by molar-refractivity contribution is 7.89. The molecule has 0 atom stereocenters. The number of aromatic nitrogens is 2. The van der Waals surface area contributed by atoms with Gasteiger partial charge in [-0.15, -0.1) is 0 Å². The molecule has 1 aromatic heterocycles. The van der Waals surface area contributed by atoms with E-state index in [1.165, 1.54) is 25.3 Å². The fraction of sp³-hybridized carbons (Fsp3) is 0.357. The number of nitrogens with one attached hydrogen (secondary N) is 2. The van der Waals surface area contributed by atoms with Gasteiger partial charge in [-0.2, -0.15) is 5.10 Å². The topological polar surface area (TPSA) is 84.1 Å². The fourth-order valence-electron chi connectivity index (χ4n) is 2.15. The van der Waals surface area contributed by atoms with E-state index in [0.717, 1.165) is 17.0 Å². The Bertz CT molecular complexity index is 752. The lowest BCUT2D eigenvalue weighted by Gasteiger charge is -2.09. The molecule has 8 heteroatoms. The van der Waals surface area contributed by atoms with Crippen LogP contribution >= 0.6 is 11.6 Å². The first-order valence-electron chi connectivity index (χ1n) is 6.69. The predicted octanol–water partition coefficient (Wildman–Crippen LogP) is 2.21. The third-order valence-electron chi connectivity index (χ3n) is 3.38. The highest BCUT2D eigenvalue weighted by Gasteiger charge is 2.16. The summed E-state index contributed by atoms with van der Waals surface area (Å²) in [5.74, 6) is 0.435. The highest BCUT2D eigenvalue weighted by Crippen LogP contribution is 2.26. The van der Waals surface area contributed by atoms with Crippen LogP contribution in [-0.4, -0.2) is 32.3 Å². The van der Waals surface area contributed by atoms with Crippen molar-refractivity contribution in [3.8, 4) is 5.75 Å².